The first-order valence-corrected chi connectivity index (χ1v) is 6.87. The maximum Gasteiger partial charge on any atom is 0.257 e. The Kier molecular flexibility index (Phi) is 3.58. The number of carbonyl (C=O) groups excluding carboxylic acids is 1. The van der Waals surface area contributed by atoms with E-state index in [0.29, 0.717) is 5.69 Å². The number of rotatable bonds is 3. The minimum atomic E-state index is -0.556. The van der Waals surface area contributed by atoms with E-state index in [-0.39, 0.29) is 17.2 Å². The largest absolute Gasteiger partial charge is 0.322 e. The second-order valence-corrected chi connectivity index (χ2v) is 5.10. The molecule has 0 saturated heterocycles. The van der Waals surface area contributed by atoms with Crippen LogP contribution in [0.25, 0.3) is 0 Å². The molecule has 108 valence electrons. The van der Waals surface area contributed by atoms with Crippen LogP contribution in [0.2, 0.25) is 0 Å². The smallest absolute Gasteiger partial charge is 0.257 e. The third kappa shape index (κ3) is 2.60. The second-order valence-electron chi connectivity index (χ2n) is 5.10. The van der Waals surface area contributed by atoms with E-state index in [9.17, 15) is 9.18 Å². The first-order chi connectivity index (χ1) is 10.2. The zero-order valence-corrected chi connectivity index (χ0v) is 11.4. The van der Waals surface area contributed by atoms with E-state index in [1.165, 1.54) is 29.3 Å². The summed E-state index contributed by atoms with van der Waals surface area (Å²) in [5.41, 5.74) is 5.73. The maximum absolute atomic E-state index is 13.6. The lowest BCUT2D eigenvalue weighted by Crippen LogP contribution is -2.18. The summed E-state index contributed by atoms with van der Waals surface area (Å²) in [4.78, 5) is 12.3. The highest BCUT2D eigenvalue weighted by molar-refractivity contribution is 6.08. The maximum atomic E-state index is 13.6. The van der Waals surface area contributed by atoms with Gasteiger partial charge in [0.05, 0.1) is 11.3 Å². The Balaban J connectivity index is 1.85. The lowest BCUT2D eigenvalue weighted by atomic mass is 10.1. The molecule has 2 aromatic carbocycles. The molecule has 4 nitrogen and oxygen atoms in total. The summed E-state index contributed by atoms with van der Waals surface area (Å²) < 4.78 is 13.6. The van der Waals surface area contributed by atoms with Crippen molar-refractivity contribution in [3.8, 4) is 0 Å². The Labute approximate surface area is 122 Å². The van der Waals surface area contributed by atoms with Gasteiger partial charge in [0.1, 0.15) is 5.82 Å². The molecule has 0 aromatic heterocycles. The number of nitrogens with two attached hydrogens (primary N) is 1. The molecule has 3 rings (SSSR count). The third-order valence-electron chi connectivity index (χ3n) is 3.76. The lowest BCUT2D eigenvalue weighted by molar-refractivity contribution is 0.102. The normalized spacial score (nSPS) is 12.9. The third-order valence-corrected chi connectivity index (χ3v) is 3.76. The van der Waals surface area contributed by atoms with Crippen molar-refractivity contribution in [3.63, 3.8) is 0 Å². The van der Waals surface area contributed by atoms with Crippen molar-refractivity contribution in [2.24, 2.45) is 5.84 Å². The van der Waals surface area contributed by atoms with Crippen molar-refractivity contribution < 1.29 is 9.18 Å². The summed E-state index contributed by atoms with van der Waals surface area (Å²) in [6.07, 6.45) is 3.28. The number of hydrogen-bond donors (Lipinski definition) is 3. The molecule has 0 spiro atoms. The van der Waals surface area contributed by atoms with Crippen LogP contribution in [0.3, 0.4) is 0 Å². The van der Waals surface area contributed by atoms with Gasteiger partial charge in [-0.15, -0.1) is 0 Å². The highest BCUT2D eigenvalue weighted by Gasteiger charge is 2.16. The van der Waals surface area contributed by atoms with Gasteiger partial charge in [-0.25, -0.2) is 4.39 Å². The van der Waals surface area contributed by atoms with Crippen molar-refractivity contribution in [1.29, 1.82) is 0 Å². The van der Waals surface area contributed by atoms with E-state index in [1.807, 2.05) is 18.2 Å². The van der Waals surface area contributed by atoms with E-state index in [4.69, 9.17) is 5.84 Å². The summed E-state index contributed by atoms with van der Waals surface area (Å²) in [7, 11) is 0. The molecule has 0 heterocycles. The van der Waals surface area contributed by atoms with Crippen molar-refractivity contribution in [2.75, 3.05) is 10.7 Å². The number of amides is 1. The standard InChI is InChI=1S/C16H16FN3O/c17-14-6-2-5-13(15(14)20-18)16(21)19-12-8-7-10-3-1-4-11(10)9-12/h2,5-9,20H,1,3-4,18H2,(H,19,21). The van der Waals surface area contributed by atoms with Gasteiger partial charge in [0.15, 0.2) is 0 Å². The molecule has 0 bridgehead atoms. The molecular weight excluding hydrogens is 269 g/mol. The van der Waals surface area contributed by atoms with Crippen LogP contribution in [-0.4, -0.2) is 5.91 Å². The number of halogens is 1. The fraction of sp³-hybridized carbons (Fsp3) is 0.188. The number of hydrazine groups is 1. The highest BCUT2D eigenvalue weighted by atomic mass is 19.1. The summed E-state index contributed by atoms with van der Waals surface area (Å²) >= 11 is 0. The van der Waals surface area contributed by atoms with E-state index < -0.39 is 5.82 Å². The van der Waals surface area contributed by atoms with Crippen LogP contribution in [0, 0.1) is 5.82 Å². The number of carbonyl (C=O) groups is 1. The Bertz CT molecular complexity index is 700. The molecule has 0 aliphatic heterocycles. The van der Waals surface area contributed by atoms with Gasteiger partial charge in [-0.3, -0.25) is 10.6 Å². The first-order valence-electron chi connectivity index (χ1n) is 6.87. The Morgan fingerprint density at radius 1 is 1.14 bits per heavy atom. The summed E-state index contributed by atoms with van der Waals surface area (Å²) in [6.45, 7) is 0. The molecule has 0 unspecified atom stereocenters. The van der Waals surface area contributed by atoms with Gasteiger partial charge in [-0.05, 0) is 54.7 Å². The van der Waals surface area contributed by atoms with Gasteiger partial charge >= 0.3 is 0 Å². The van der Waals surface area contributed by atoms with Gasteiger partial charge in [0, 0.05) is 5.69 Å². The number of hydrogen-bond acceptors (Lipinski definition) is 3. The number of aryl methyl sites for hydroxylation is 2. The molecule has 0 fully saturated rings. The number of benzene rings is 2. The molecule has 21 heavy (non-hydrogen) atoms. The second kappa shape index (κ2) is 5.54. The van der Waals surface area contributed by atoms with Crippen LogP contribution in [-0.2, 0) is 12.8 Å². The summed E-state index contributed by atoms with van der Waals surface area (Å²) in [6, 6.07) is 10.1. The molecule has 1 amide bonds. The predicted molar refractivity (Wildman–Crippen MR) is 80.6 cm³/mol. The van der Waals surface area contributed by atoms with Crippen LogP contribution >= 0.6 is 0 Å². The zero-order chi connectivity index (χ0) is 14.8. The fourth-order valence-corrected chi connectivity index (χ4v) is 2.71. The number of fused-ring (bicyclic) bond motifs is 1. The first kappa shape index (κ1) is 13.6. The topological polar surface area (TPSA) is 67.1 Å². The number of para-hydroxylation sites is 1. The molecule has 0 atom stereocenters. The van der Waals surface area contributed by atoms with Crippen molar-refractivity contribution >= 4 is 17.3 Å². The quantitative estimate of drug-likeness (QED) is 0.600. The van der Waals surface area contributed by atoms with E-state index in [1.54, 1.807) is 0 Å². The minimum Gasteiger partial charge on any atom is -0.322 e. The highest BCUT2D eigenvalue weighted by Crippen LogP contribution is 2.26. The molecule has 1 aliphatic rings. The number of nitrogens with one attached hydrogen (secondary N) is 2. The van der Waals surface area contributed by atoms with Gasteiger partial charge in [-0.1, -0.05) is 12.1 Å². The van der Waals surface area contributed by atoms with Gasteiger partial charge in [0.2, 0.25) is 0 Å². The van der Waals surface area contributed by atoms with Crippen LogP contribution in [0.15, 0.2) is 36.4 Å². The van der Waals surface area contributed by atoms with Crippen molar-refractivity contribution in [2.45, 2.75) is 19.3 Å². The molecule has 2 aromatic rings. The Morgan fingerprint density at radius 3 is 2.76 bits per heavy atom. The Morgan fingerprint density at radius 2 is 1.95 bits per heavy atom. The molecule has 1 aliphatic carbocycles. The van der Waals surface area contributed by atoms with Crippen molar-refractivity contribution in [3.05, 3.63) is 58.9 Å². The van der Waals surface area contributed by atoms with Gasteiger partial charge in [-0.2, -0.15) is 0 Å². The zero-order valence-electron chi connectivity index (χ0n) is 11.4. The predicted octanol–water partition coefficient (Wildman–Crippen LogP) is 2.85. The minimum absolute atomic E-state index is 0.00356. The monoisotopic (exact) mass is 285 g/mol. The molecule has 4 N–H and O–H groups in total. The van der Waals surface area contributed by atoms with Gasteiger partial charge < -0.3 is 10.7 Å². The fourth-order valence-electron chi connectivity index (χ4n) is 2.71. The van der Waals surface area contributed by atoms with Crippen LogP contribution in [0.5, 0.6) is 0 Å². The van der Waals surface area contributed by atoms with E-state index in [0.717, 1.165) is 19.3 Å². The van der Waals surface area contributed by atoms with E-state index >= 15 is 0 Å². The van der Waals surface area contributed by atoms with Crippen molar-refractivity contribution in [1.82, 2.24) is 0 Å². The van der Waals surface area contributed by atoms with Crippen LogP contribution in [0.1, 0.15) is 27.9 Å². The van der Waals surface area contributed by atoms with Crippen LogP contribution < -0.4 is 16.6 Å². The molecular formula is C16H16FN3O. The summed E-state index contributed by atoms with van der Waals surface area (Å²) in [5, 5.41) is 2.79. The molecule has 0 saturated carbocycles. The average Bonchev–Trinajstić information content (AvgIpc) is 2.94. The SMILES string of the molecule is NNc1c(F)cccc1C(=O)Nc1ccc2c(c1)CCC2. The van der Waals surface area contributed by atoms with E-state index in [2.05, 4.69) is 10.7 Å². The molecule has 0 radical (unpaired) electrons. The average molecular weight is 285 g/mol. The lowest BCUT2D eigenvalue weighted by Gasteiger charge is -2.11. The van der Waals surface area contributed by atoms with Crippen LogP contribution in [0.4, 0.5) is 15.8 Å². The number of anilines is 2. The van der Waals surface area contributed by atoms with Gasteiger partial charge in [0.25, 0.3) is 5.91 Å². The number of nitrogen functional groups attached to an aromatic ring is 1. The molecule has 5 heteroatoms. The Hall–Kier alpha value is -2.40. The summed E-state index contributed by atoms with van der Waals surface area (Å²) in [5.74, 6) is 4.34.